The summed E-state index contributed by atoms with van der Waals surface area (Å²) in [6.45, 7) is 4.99. The number of hydrogen-bond acceptors (Lipinski definition) is 4. The van der Waals surface area contributed by atoms with E-state index in [1.54, 1.807) is 13.8 Å². The molecule has 0 radical (unpaired) electrons. The Morgan fingerprint density at radius 1 is 1.00 bits per heavy atom. The van der Waals surface area contributed by atoms with Crippen LogP contribution in [0.15, 0.2) is 58.6 Å². The Morgan fingerprint density at radius 3 is 2.36 bits per heavy atom. The van der Waals surface area contributed by atoms with Crippen molar-refractivity contribution in [2.45, 2.75) is 32.8 Å². The lowest BCUT2D eigenvalue weighted by molar-refractivity contribution is 0.0378. The monoisotopic (exact) mass is 455 g/mol. The van der Waals surface area contributed by atoms with Gasteiger partial charge in [-0.05, 0) is 81.2 Å². The molecule has 8 heteroatoms. The lowest BCUT2D eigenvalue weighted by Gasteiger charge is -2.21. The van der Waals surface area contributed by atoms with E-state index in [0.29, 0.717) is 22.4 Å². The van der Waals surface area contributed by atoms with Crippen LogP contribution < -0.4 is 10.9 Å². The van der Waals surface area contributed by atoms with Crippen molar-refractivity contribution in [1.29, 1.82) is 0 Å². The van der Waals surface area contributed by atoms with Gasteiger partial charge in [0.2, 0.25) is 0 Å². The summed E-state index contributed by atoms with van der Waals surface area (Å²) in [5, 5.41) is 7.49. The molecule has 0 spiro atoms. The van der Waals surface area contributed by atoms with Crippen molar-refractivity contribution in [3.8, 4) is 5.69 Å². The van der Waals surface area contributed by atoms with Crippen molar-refractivity contribution in [3.05, 3.63) is 98.7 Å². The summed E-state index contributed by atoms with van der Waals surface area (Å²) in [5.41, 5.74) is 1.92. The molecule has 5 nitrogen and oxygen atoms in total. The fourth-order valence-corrected chi connectivity index (χ4v) is 4.05. The van der Waals surface area contributed by atoms with Crippen LogP contribution in [-0.2, 0) is 4.84 Å². The standard InChI is InChI=1S/C25H24F3N3O2/c1-15-11-19(27)12-16(2)25(15)31-14-17(3-6-23(31)32)24(21-5-4-18(26)13-22(21)28)30-33-20-7-9-29-10-8-20/h3-6,11-14,20,29H,7-10H2,1-2H3/b30-24+. The SMILES string of the molecule is Cc1cc(F)cc(C)c1-n1cc(/C(=N\OC2CCNCC2)c2ccc(F)cc2F)ccc1=O. The second-order valence-electron chi connectivity index (χ2n) is 8.13. The summed E-state index contributed by atoms with van der Waals surface area (Å²) in [6, 6.07) is 8.74. The van der Waals surface area contributed by atoms with Crippen molar-refractivity contribution in [2.75, 3.05) is 13.1 Å². The van der Waals surface area contributed by atoms with Crippen LogP contribution in [0.5, 0.6) is 0 Å². The zero-order valence-electron chi connectivity index (χ0n) is 18.4. The zero-order valence-corrected chi connectivity index (χ0v) is 18.4. The maximum Gasteiger partial charge on any atom is 0.255 e. The van der Waals surface area contributed by atoms with Crippen LogP contribution in [0.3, 0.4) is 0 Å². The quantitative estimate of drug-likeness (QED) is 0.459. The van der Waals surface area contributed by atoms with Crippen molar-refractivity contribution < 1.29 is 18.0 Å². The largest absolute Gasteiger partial charge is 0.392 e. The molecule has 1 saturated heterocycles. The summed E-state index contributed by atoms with van der Waals surface area (Å²) in [4.78, 5) is 18.4. The molecule has 1 aliphatic heterocycles. The van der Waals surface area contributed by atoms with E-state index in [2.05, 4.69) is 10.5 Å². The highest BCUT2D eigenvalue weighted by Crippen LogP contribution is 2.22. The van der Waals surface area contributed by atoms with Crippen LogP contribution in [-0.4, -0.2) is 29.5 Å². The Hall–Kier alpha value is -3.39. The predicted molar refractivity (Wildman–Crippen MR) is 120 cm³/mol. The molecule has 3 aromatic rings. The van der Waals surface area contributed by atoms with E-state index in [-0.39, 0.29) is 22.9 Å². The van der Waals surface area contributed by atoms with Gasteiger partial charge in [-0.15, -0.1) is 0 Å². The van der Waals surface area contributed by atoms with Crippen LogP contribution in [0.1, 0.15) is 35.1 Å². The topological polar surface area (TPSA) is 55.6 Å². The summed E-state index contributed by atoms with van der Waals surface area (Å²) in [7, 11) is 0. The van der Waals surface area contributed by atoms with Gasteiger partial charge >= 0.3 is 0 Å². The second kappa shape index (κ2) is 9.62. The minimum absolute atomic E-state index is 0.0445. The number of aryl methyl sites for hydroxylation is 2. The maximum atomic E-state index is 14.7. The molecular weight excluding hydrogens is 431 g/mol. The summed E-state index contributed by atoms with van der Waals surface area (Å²) < 4.78 is 43.5. The van der Waals surface area contributed by atoms with Crippen LogP contribution >= 0.6 is 0 Å². The van der Waals surface area contributed by atoms with Gasteiger partial charge in [-0.25, -0.2) is 13.2 Å². The average molecular weight is 455 g/mol. The highest BCUT2D eigenvalue weighted by atomic mass is 19.1. The predicted octanol–water partition coefficient (Wildman–Crippen LogP) is 4.39. The number of pyridine rings is 1. The van der Waals surface area contributed by atoms with Gasteiger partial charge in [0.25, 0.3) is 5.56 Å². The van der Waals surface area contributed by atoms with Gasteiger partial charge in [-0.1, -0.05) is 5.16 Å². The first kappa shape index (κ1) is 22.8. The van der Waals surface area contributed by atoms with Gasteiger partial charge in [-0.2, -0.15) is 0 Å². The summed E-state index contributed by atoms with van der Waals surface area (Å²) in [5.74, 6) is -1.91. The van der Waals surface area contributed by atoms with Crippen molar-refractivity contribution >= 4 is 5.71 Å². The van der Waals surface area contributed by atoms with Gasteiger partial charge < -0.3 is 10.2 Å². The number of nitrogens with zero attached hydrogens (tertiary/aromatic N) is 2. The minimum Gasteiger partial charge on any atom is -0.392 e. The lowest BCUT2D eigenvalue weighted by atomic mass is 10.0. The number of piperidine rings is 1. The molecule has 0 atom stereocenters. The number of nitrogens with one attached hydrogen (secondary N) is 1. The van der Waals surface area contributed by atoms with Crippen LogP contribution in [0.25, 0.3) is 5.69 Å². The smallest absolute Gasteiger partial charge is 0.255 e. The Balaban J connectivity index is 1.84. The number of aromatic nitrogens is 1. The fourth-order valence-electron chi connectivity index (χ4n) is 4.05. The van der Waals surface area contributed by atoms with E-state index in [1.165, 1.54) is 41.1 Å². The highest BCUT2D eigenvalue weighted by Gasteiger charge is 2.19. The van der Waals surface area contributed by atoms with E-state index in [9.17, 15) is 18.0 Å². The number of halogens is 3. The molecule has 1 aromatic heterocycles. The fraction of sp³-hybridized carbons (Fsp3) is 0.280. The van der Waals surface area contributed by atoms with Gasteiger partial charge in [0.05, 0.1) is 5.69 Å². The zero-order chi connectivity index (χ0) is 23.5. The van der Waals surface area contributed by atoms with E-state index >= 15 is 0 Å². The Morgan fingerprint density at radius 2 is 1.70 bits per heavy atom. The highest BCUT2D eigenvalue weighted by molar-refractivity contribution is 6.12. The maximum absolute atomic E-state index is 14.7. The van der Waals surface area contributed by atoms with Crippen molar-refractivity contribution in [2.24, 2.45) is 5.16 Å². The van der Waals surface area contributed by atoms with E-state index in [1.807, 2.05) is 0 Å². The van der Waals surface area contributed by atoms with Crippen LogP contribution in [0.4, 0.5) is 13.2 Å². The third-order valence-electron chi connectivity index (χ3n) is 5.65. The van der Waals surface area contributed by atoms with E-state index in [0.717, 1.165) is 38.1 Å². The molecule has 1 N–H and O–H groups in total. The first-order valence-electron chi connectivity index (χ1n) is 10.7. The molecule has 0 saturated carbocycles. The number of rotatable bonds is 5. The van der Waals surface area contributed by atoms with Gasteiger partial charge in [0.15, 0.2) is 0 Å². The second-order valence-corrected chi connectivity index (χ2v) is 8.13. The summed E-state index contributed by atoms with van der Waals surface area (Å²) in [6.07, 6.45) is 2.87. The summed E-state index contributed by atoms with van der Waals surface area (Å²) >= 11 is 0. The molecule has 33 heavy (non-hydrogen) atoms. The molecule has 0 aliphatic carbocycles. The molecule has 172 valence electrons. The molecule has 0 unspecified atom stereocenters. The third-order valence-corrected chi connectivity index (χ3v) is 5.65. The normalized spacial score (nSPS) is 15.0. The molecule has 4 rings (SSSR count). The van der Waals surface area contributed by atoms with Crippen molar-refractivity contribution in [3.63, 3.8) is 0 Å². The molecule has 2 heterocycles. The molecule has 0 amide bonds. The Kier molecular flexibility index (Phi) is 6.65. The Bertz CT molecular complexity index is 1240. The molecule has 0 bridgehead atoms. The van der Waals surface area contributed by atoms with Crippen LogP contribution in [0, 0.1) is 31.3 Å². The van der Waals surface area contributed by atoms with Gasteiger partial charge in [0, 0.05) is 29.5 Å². The van der Waals surface area contributed by atoms with Crippen LogP contribution in [0.2, 0.25) is 0 Å². The average Bonchev–Trinajstić information content (AvgIpc) is 2.77. The third kappa shape index (κ3) is 5.01. The molecular formula is C25H24F3N3O2. The lowest BCUT2D eigenvalue weighted by Crippen LogP contribution is -2.31. The molecule has 1 fully saturated rings. The first-order valence-corrected chi connectivity index (χ1v) is 10.7. The number of benzene rings is 2. The Labute approximate surface area is 189 Å². The first-order chi connectivity index (χ1) is 15.8. The molecule has 2 aromatic carbocycles. The van der Waals surface area contributed by atoms with Gasteiger partial charge in [-0.3, -0.25) is 9.36 Å². The van der Waals surface area contributed by atoms with E-state index in [4.69, 9.17) is 4.84 Å². The van der Waals surface area contributed by atoms with E-state index < -0.39 is 17.5 Å². The van der Waals surface area contributed by atoms with Crippen molar-refractivity contribution in [1.82, 2.24) is 9.88 Å². The molecule has 1 aliphatic rings. The minimum atomic E-state index is -0.797. The number of oxime groups is 1. The number of hydrogen-bond donors (Lipinski definition) is 1. The van der Waals surface area contributed by atoms with Gasteiger partial charge in [0.1, 0.15) is 29.3 Å².